The van der Waals surface area contributed by atoms with E-state index in [0.717, 1.165) is 16.0 Å². The zero-order chi connectivity index (χ0) is 40.1. The Labute approximate surface area is 318 Å². The first-order chi connectivity index (χ1) is 25.4. The summed E-state index contributed by atoms with van der Waals surface area (Å²) in [4.78, 5) is 67.2. The Morgan fingerprint density at radius 1 is 1.24 bits per heavy atom. The lowest BCUT2D eigenvalue weighted by atomic mass is 9.83. The minimum absolute atomic E-state index is 0.0867. The van der Waals surface area contributed by atoms with Crippen molar-refractivity contribution in [3.05, 3.63) is 46.5 Å². The van der Waals surface area contributed by atoms with Crippen LogP contribution < -0.4 is 26.2 Å². The van der Waals surface area contributed by atoms with Crippen LogP contribution in [0.4, 0.5) is 10.5 Å². The number of esters is 1. The summed E-state index contributed by atoms with van der Waals surface area (Å²) in [7, 11) is 5.77. The van der Waals surface area contributed by atoms with Crippen molar-refractivity contribution in [2.24, 2.45) is 11.8 Å². The van der Waals surface area contributed by atoms with Crippen molar-refractivity contribution in [3.63, 3.8) is 0 Å². The van der Waals surface area contributed by atoms with E-state index in [9.17, 15) is 29.1 Å². The lowest BCUT2D eigenvalue weighted by molar-refractivity contribution is -0.163. The molecule has 3 aliphatic heterocycles. The number of ether oxygens (including phenoxy) is 6. The molecule has 0 saturated carbocycles. The van der Waals surface area contributed by atoms with E-state index >= 15 is 0 Å². The number of allylic oxidation sites excluding steroid dienone is 3. The smallest absolute Gasteiger partial charge is 0.409 e. The molecule has 1 aromatic carbocycles. The van der Waals surface area contributed by atoms with E-state index in [1.807, 2.05) is 18.4 Å². The summed E-state index contributed by atoms with van der Waals surface area (Å²) in [6, 6.07) is 2.37. The zero-order valence-electron chi connectivity index (χ0n) is 31.7. The SMILES string of the molecule is COc1cc2cc(c1Cl)N(C)C(=O)CC(OC(=O)C(C)N(C)C(=O)COCC(=O)NN)C1(C)OC1C(C)C1CC(O)(NC(=O)O1)C(OC)C=CC=C(C)C2. The quantitative estimate of drug-likeness (QED) is 0.0920. The van der Waals surface area contributed by atoms with E-state index in [-0.39, 0.29) is 17.9 Å². The highest BCUT2D eigenvalue weighted by Crippen LogP contribution is 2.49. The highest BCUT2D eigenvalue weighted by atomic mass is 35.5. The molecule has 4 rings (SSSR count). The average Bonchev–Trinajstić information content (AvgIpc) is 3.83. The molecule has 8 unspecified atom stereocenters. The van der Waals surface area contributed by atoms with Gasteiger partial charge in [0, 0.05) is 33.5 Å². The number of nitrogens with one attached hydrogen (secondary N) is 2. The first kappa shape index (κ1) is 42.5. The van der Waals surface area contributed by atoms with E-state index < -0.39 is 90.7 Å². The van der Waals surface area contributed by atoms with Crippen molar-refractivity contribution < 1.29 is 57.5 Å². The number of alkyl carbamates (subject to hydrolysis) is 1. The Hall–Kier alpha value is -4.26. The minimum atomic E-state index is -1.86. The molecule has 0 aromatic heterocycles. The monoisotopic (exact) mass is 779 g/mol. The van der Waals surface area contributed by atoms with Crippen LogP contribution in [-0.4, -0.2) is 123 Å². The number of hydrogen-bond acceptors (Lipinski definition) is 13. The van der Waals surface area contributed by atoms with Gasteiger partial charge in [-0.3, -0.25) is 25.1 Å². The van der Waals surface area contributed by atoms with Crippen molar-refractivity contribution >= 4 is 47.1 Å². The number of carbonyl (C=O) groups excluding carboxylic acids is 5. The number of hydrazine groups is 1. The van der Waals surface area contributed by atoms with Crippen LogP contribution in [0, 0.1) is 5.92 Å². The van der Waals surface area contributed by atoms with Gasteiger partial charge in [0.15, 0.2) is 5.72 Å². The van der Waals surface area contributed by atoms with Gasteiger partial charge in [0.2, 0.25) is 11.8 Å². The summed E-state index contributed by atoms with van der Waals surface area (Å²) in [6.45, 7) is 5.77. The largest absolute Gasteiger partial charge is 0.495 e. The van der Waals surface area contributed by atoms with Crippen LogP contribution >= 0.6 is 11.6 Å². The van der Waals surface area contributed by atoms with Crippen LogP contribution in [0.5, 0.6) is 5.75 Å². The molecule has 1 aromatic rings. The lowest BCUT2D eigenvalue weighted by Gasteiger charge is -2.42. The number of halogens is 1. The molecule has 2 fully saturated rings. The number of nitrogens with zero attached hydrogens (tertiary/aromatic N) is 2. The van der Waals surface area contributed by atoms with Crippen molar-refractivity contribution in [2.45, 2.75) is 88.7 Å². The molecule has 3 heterocycles. The molecule has 298 valence electrons. The van der Waals surface area contributed by atoms with Crippen molar-refractivity contribution in [1.82, 2.24) is 15.6 Å². The topological polar surface area (TPSA) is 221 Å². The summed E-state index contributed by atoms with van der Waals surface area (Å²) in [6.07, 6.45) is 0.500. The Balaban J connectivity index is 1.71. The molecular formula is C36H50ClN5O12. The molecule has 2 saturated heterocycles. The highest BCUT2D eigenvalue weighted by Gasteiger charge is 2.64. The first-order valence-electron chi connectivity index (χ1n) is 17.3. The predicted octanol–water partition coefficient (Wildman–Crippen LogP) is 1.52. The zero-order valence-corrected chi connectivity index (χ0v) is 32.4. The number of anilines is 1. The summed E-state index contributed by atoms with van der Waals surface area (Å²) in [5.74, 6) is 2.19. The standard InChI is InChI=1S/C36H50ClN5O12/c1-19-10-9-11-26(50-8)36(48)16-25(52-34(47)39-36)20(2)32-35(4,54-32)27(53-33(46)21(3)41(5)30(45)18-51-17-28(43)40-38)15-29(44)42(6)23-13-22(12-19)14-24(49-7)31(23)37/h9-11,13-14,20-21,25-27,32,48H,12,15-18,38H2,1-8H3,(H,39,47)(H,40,43). The molecule has 17 nitrogen and oxygen atoms in total. The average molecular weight is 780 g/mol. The molecule has 3 aliphatic rings. The minimum Gasteiger partial charge on any atom is -0.495 e. The predicted molar refractivity (Wildman–Crippen MR) is 194 cm³/mol. The Morgan fingerprint density at radius 3 is 2.59 bits per heavy atom. The molecule has 4 amide bonds. The molecule has 8 atom stereocenters. The van der Waals surface area contributed by atoms with Crippen molar-refractivity contribution in [3.8, 4) is 5.75 Å². The highest BCUT2D eigenvalue weighted by molar-refractivity contribution is 6.35. The maximum atomic E-state index is 14.1. The summed E-state index contributed by atoms with van der Waals surface area (Å²) < 4.78 is 34.1. The summed E-state index contributed by atoms with van der Waals surface area (Å²) >= 11 is 6.73. The molecule has 0 spiro atoms. The fraction of sp³-hybridized carbons (Fsp3) is 0.583. The third-order valence-corrected chi connectivity index (χ3v) is 10.5. The Kier molecular flexibility index (Phi) is 13.7. The maximum Gasteiger partial charge on any atom is 0.409 e. The number of amides is 4. The van der Waals surface area contributed by atoms with Crippen LogP contribution in [0.15, 0.2) is 35.9 Å². The van der Waals surface area contributed by atoms with Crippen LogP contribution in [0.25, 0.3) is 0 Å². The fourth-order valence-electron chi connectivity index (χ4n) is 6.59. The second-order valence-corrected chi connectivity index (χ2v) is 14.3. The fourth-order valence-corrected chi connectivity index (χ4v) is 6.91. The van der Waals surface area contributed by atoms with Gasteiger partial charge < -0.3 is 43.3 Å². The second-order valence-electron chi connectivity index (χ2n) is 14.0. The molecule has 4 bridgehead atoms. The molecule has 18 heteroatoms. The van der Waals surface area contributed by atoms with Gasteiger partial charge >= 0.3 is 12.1 Å². The normalized spacial score (nSPS) is 29.1. The number of nitrogens with two attached hydrogens (primary N) is 1. The van der Waals surface area contributed by atoms with Gasteiger partial charge in [-0.25, -0.2) is 15.4 Å². The Morgan fingerprint density at radius 2 is 1.94 bits per heavy atom. The first-order valence-corrected chi connectivity index (χ1v) is 17.7. The molecule has 5 N–H and O–H groups in total. The number of rotatable bonds is 9. The summed E-state index contributed by atoms with van der Waals surface area (Å²) in [5, 5.41) is 14.4. The number of fused-ring (bicyclic) bond motifs is 5. The van der Waals surface area contributed by atoms with E-state index in [4.69, 9.17) is 45.9 Å². The third-order valence-electron chi connectivity index (χ3n) is 10.1. The van der Waals surface area contributed by atoms with Gasteiger partial charge in [-0.1, -0.05) is 42.3 Å². The summed E-state index contributed by atoms with van der Waals surface area (Å²) in [5.41, 5.74) is 0.773. The molecule has 54 heavy (non-hydrogen) atoms. The van der Waals surface area contributed by atoms with Gasteiger partial charge in [-0.05, 0) is 44.9 Å². The van der Waals surface area contributed by atoms with Gasteiger partial charge in [-0.2, -0.15) is 0 Å². The van der Waals surface area contributed by atoms with E-state index in [1.54, 1.807) is 38.1 Å². The number of methoxy groups -OCH3 is 2. The third kappa shape index (κ3) is 9.51. The van der Waals surface area contributed by atoms with E-state index in [1.165, 1.54) is 40.1 Å². The van der Waals surface area contributed by atoms with Gasteiger partial charge in [0.25, 0.3) is 5.91 Å². The van der Waals surface area contributed by atoms with E-state index in [2.05, 4.69) is 5.32 Å². The van der Waals surface area contributed by atoms with Gasteiger partial charge in [0.05, 0.1) is 25.3 Å². The number of benzene rings is 1. The second kappa shape index (κ2) is 17.5. The van der Waals surface area contributed by atoms with Crippen molar-refractivity contribution in [1.29, 1.82) is 0 Å². The Bertz CT molecular complexity index is 1670. The molecular weight excluding hydrogens is 730 g/mol. The molecule has 0 radical (unpaired) electrons. The number of aliphatic hydroxyl groups is 1. The van der Waals surface area contributed by atoms with Crippen LogP contribution in [-0.2, 0) is 49.3 Å². The number of carbonyl (C=O) groups is 5. The number of likely N-dealkylation sites (N-methyl/N-ethyl adjacent to an activating group) is 1. The van der Waals surface area contributed by atoms with Crippen molar-refractivity contribution in [2.75, 3.05) is 46.4 Å². The van der Waals surface area contributed by atoms with Gasteiger partial charge in [0.1, 0.15) is 53.9 Å². The van der Waals surface area contributed by atoms with Gasteiger partial charge in [-0.15, -0.1) is 0 Å². The van der Waals surface area contributed by atoms with Crippen LogP contribution in [0.1, 0.15) is 46.1 Å². The number of hydrogen-bond donors (Lipinski definition) is 4. The van der Waals surface area contributed by atoms with Crippen LogP contribution in [0.2, 0.25) is 5.02 Å². The lowest BCUT2D eigenvalue weighted by Crippen LogP contribution is -2.63. The molecule has 0 aliphatic carbocycles. The number of epoxide rings is 1. The van der Waals surface area contributed by atoms with E-state index in [0.29, 0.717) is 17.9 Å². The van der Waals surface area contributed by atoms with Crippen LogP contribution in [0.3, 0.4) is 0 Å². The maximum absolute atomic E-state index is 14.1.